The van der Waals surface area contributed by atoms with Gasteiger partial charge in [-0.05, 0) is 46.6 Å². The maximum Gasteiger partial charge on any atom is 0.244 e. The third-order valence-electron chi connectivity index (χ3n) is 2.83. The lowest BCUT2D eigenvalue weighted by Crippen LogP contribution is -2.44. The summed E-state index contributed by atoms with van der Waals surface area (Å²) in [6.45, 7) is 12.0. The average Bonchev–Trinajstić information content (AvgIpc) is 2.68. The van der Waals surface area contributed by atoms with Gasteiger partial charge >= 0.3 is 0 Å². The third kappa shape index (κ3) is 3.59. The van der Waals surface area contributed by atoms with Crippen molar-refractivity contribution in [1.29, 1.82) is 0 Å². The molecule has 1 amide bonds. The van der Waals surface area contributed by atoms with Gasteiger partial charge in [0, 0.05) is 11.2 Å². The highest BCUT2D eigenvalue weighted by atomic mass is 16.2. The van der Waals surface area contributed by atoms with Crippen molar-refractivity contribution in [2.45, 2.75) is 66.0 Å². The molecule has 0 aliphatic heterocycles. The van der Waals surface area contributed by atoms with Crippen molar-refractivity contribution in [3.63, 3.8) is 0 Å². The van der Waals surface area contributed by atoms with Gasteiger partial charge in [-0.1, -0.05) is 13.8 Å². The highest BCUT2D eigenvalue weighted by Crippen LogP contribution is 2.14. The Morgan fingerprint density at radius 2 is 2.00 bits per heavy atom. The lowest BCUT2D eigenvalue weighted by atomic mass is 10.1. The topological polar surface area (TPSA) is 46.9 Å². The number of nitrogens with one attached hydrogen (secondary N) is 1. The number of carbonyl (C=O) groups is 1. The van der Waals surface area contributed by atoms with Crippen molar-refractivity contribution in [2.75, 3.05) is 0 Å². The summed E-state index contributed by atoms with van der Waals surface area (Å²) >= 11 is 0. The molecule has 0 fully saturated rings. The second-order valence-corrected chi connectivity index (χ2v) is 5.69. The molecule has 0 saturated carbocycles. The van der Waals surface area contributed by atoms with Crippen LogP contribution >= 0.6 is 0 Å². The summed E-state index contributed by atoms with van der Waals surface area (Å²) in [7, 11) is 0. The maximum absolute atomic E-state index is 12.2. The standard InChI is InChI=1S/C14H25N3O/c1-7-11-9-12(8-2)17(16-11)10(3)13(18)15-14(4,5)6/h9-10H,7-8H2,1-6H3,(H,15,18). The van der Waals surface area contributed by atoms with E-state index >= 15 is 0 Å². The van der Waals surface area contributed by atoms with Gasteiger partial charge in [-0.25, -0.2) is 0 Å². The van der Waals surface area contributed by atoms with Gasteiger partial charge in [-0.2, -0.15) is 5.10 Å². The van der Waals surface area contributed by atoms with Gasteiger partial charge in [-0.3, -0.25) is 9.48 Å². The van der Waals surface area contributed by atoms with Crippen LogP contribution in [0.2, 0.25) is 0 Å². The summed E-state index contributed by atoms with van der Waals surface area (Å²) < 4.78 is 1.85. The molecule has 0 spiro atoms. The van der Waals surface area contributed by atoms with Crippen LogP contribution in [0.4, 0.5) is 0 Å². The summed E-state index contributed by atoms with van der Waals surface area (Å²) in [4.78, 5) is 12.2. The maximum atomic E-state index is 12.2. The fourth-order valence-electron chi connectivity index (χ4n) is 1.85. The molecule has 4 heteroatoms. The fraction of sp³-hybridized carbons (Fsp3) is 0.714. The normalized spacial score (nSPS) is 13.4. The molecule has 0 bridgehead atoms. The highest BCUT2D eigenvalue weighted by Gasteiger charge is 2.22. The number of carbonyl (C=O) groups excluding carboxylic acids is 1. The van der Waals surface area contributed by atoms with E-state index in [-0.39, 0.29) is 17.5 Å². The number of hydrogen-bond acceptors (Lipinski definition) is 2. The summed E-state index contributed by atoms with van der Waals surface area (Å²) in [5.74, 6) is 0.0166. The average molecular weight is 251 g/mol. The summed E-state index contributed by atoms with van der Waals surface area (Å²) in [5.41, 5.74) is 1.95. The van der Waals surface area contributed by atoms with E-state index in [0.717, 1.165) is 24.2 Å². The van der Waals surface area contributed by atoms with Crippen molar-refractivity contribution in [3.8, 4) is 0 Å². The van der Waals surface area contributed by atoms with Crippen LogP contribution in [0.15, 0.2) is 6.07 Å². The molecule has 1 aromatic rings. The van der Waals surface area contributed by atoms with Gasteiger partial charge in [0.25, 0.3) is 0 Å². The molecule has 1 N–H and O–H groups in total. The number of hydrogen-bond donors (Lipinski definition) is 1. The molecule has 1 atom stereocenters. The Kier molecular flexibility index (Phi) is 4.54. The second kappa shape index (κ2) is 5.55. The molecular formula is C14H25N3O. The molecule has 1 heterocycles. The first-order chi connectivity index (χ1) is 8.28. The van der Waals surface area contributed by atoms with Crippen LogP contribution in [-0.2, 0) is 17.6 Å². The van der Waals surface area contributed by atoms with Crippen molar-refractivity contribution in [1.82, 2.24) is 15.1 Å². The van der Waals surface area contributed by atoms with E-state index in [1.165, 1.54) is 0 Å². The molecule has 0 aromatic carbocycles. The van der Waals surface area contributed by atoms with E-state index in [9.17, 15) is 4.79 Å². The number of nitrogens with zero attached hydrogens (tertiary/aromatic N) is 2. The van der Waals surface area contributed by atoms with Crippen LogP contribution in [0.5, 0.6) is 0 Å². The molecule has 1 unspecified atom stereocenters. The molecule has 4 nitrogen and oxygen atoms in total. The summed E-state index contributed by atoms with van der Waals surface area (Å²) in [6.07, 6.45) is 1.79. The molecule has 102 valence electrons. The Labute approximate surface area is 110 Å². The van der Waals surface area contributed by atoms with Crippen LogP contribution in [0.25, 0.3) is 0 Å². The Balaban J connectivity index is 2.92. The lowest BCUT2D eigenvalue weighted by molar-refractivity contribution is -0.125. The first-order valence-electron chi connectivity index (χ1n) is 6.67. The Morgan fingerprint density at radius 1 is 1.39 bits per heavy atom. The van der Waals surface area contributed by atoms with Crippen LogP contribution in [0.3, 0.4) is 0 Å². The number of rotatable bonds is 4. The molecule has 0 radical (unpaired) electrons. The largest absolute Gasteiger partial charge is 0.350 e. The minimum atomic E-state index is -0.264. The molecule has 0 aliphatic carbocycles. The van der Waals surface area contributed by atoms with E-state index in [2.05, 4.69) is 30.3 Å². The first-order valence-corrected chi connectivity index (χ1v) is 6.67. The van der Waals surface area contributed by atoms with E-state index in [1.54, 1.807) is 0 Å². The van der Waals surface area contributed by atoms with Crippen molar-refractivity contribution in [3.05, 3.63) is 17.5 Å². The minimum absolute atomic E-state index is 0.0166. The molecule has 0 saturated heterocycles. The lowest BCUT2D eigenvalue weighted by Gasteiger charge is -2.24. The summed E-state index contributed by atoms with van der Waals surface area (Å²) in [6, 6.07) is 1.82. The van der Waals surface area contributed by atoms with Gasteiger partial charge < -0.3 is 5.32 Å². The van der Waals surface area contributed by atoms with Gasteiger partial charge in [0.05, 0.1) is 5.69 Å². The highest BCUT2D eigenvalue weighted by molar-refractivity contribution is 5.80. The predicted molar refractivity (Wildman–Crippen MR) is 73.6 cm³/mol. The molecule has 0 aliphatic rings. The predicted octanol–water partition coefficient (Wildman–Crippen LogP) is 2.48. The first kappa shape index (κ1) is 14.7. The quantitative estimate of drug-likeness (QED) is 0.893. The molecule has 1 aromatic heterocycles. The zero-order chi connectivity index (χ0) is 13.9. The third-order valence-corrected chi connectivity index (χ3v) is 2.83. The van der Waals surface area contributed by atoms with Gasteiger partial charge in [-0.15, -0.1) is 0 Å². The van der Waals surface area contributed by atoms with E-state index in [4.69, 9.17) is 0 Å². The van der Waals surface area contributed by atoms with Crippen molar-refractivity contribution in [2.24, 2.45) is 0 Å². The van der Waals surface area contributed by atoms with Crippen LogP contribution < -0.4 is 5.32 Å². The minimum Gasteiger partial charge on any atom is -0.350 e. The Morgan fingerprint density at radius 3 is 2.44 bits per heavy atom. The van der Waals surface area contributed by atoms with Crippen LogP contribution in [-0.4, -0.2) is 21.2 Å². The molecule has 1 rings (SSSR count). The monoisotopic (exact) mass is 251 g/mol. The van der Waals surface area contributed by atoms with Gasteiger partial charge in [0.2, 0.25) is 5.91 Å². The number of aryl methyl sites for hydroxylation is 2. The molecular weight excluding hydrogens is 226 g/mol. The SMILES string of the molecule is CCc1cc(CC)n(C(C)C(=O)NC(C)(C)C)n1. The second-order valence-electron chi connectivity index (χ2n) is 5.69. The Bertz CT molecular complexity index is 415. The van der Waals surface area contributed by atoms with Crippen LogP contribution in [0, 0.1) is 0 Å². The van der Waals surface area contributed by atoms with Crippen molar-refractivity contribution < 1.29 is 4.79 Å². The van der Waals surface area contributed by atoms with E-state index in [1.807, 2.05) is 32.4 Å². The summed E-state index contributed by atoms with van der Waals surface area (Å²) in [5, 5.41) is 7.50. The Hall–Kier alpha value is -1.32. The number of amides is 1. The zero-order valence-corrected chi connectivity index (χ0v) is 12.4. The molecule has 18 heavy (non-hydrogen) atoms. The zero-order valence-electron chi connectivity index (χ0n) is 12.4. The smallest absolute Gasteiger partial charge is 0.244 e. The van der Waals surface area contributed by atoms with Gasteiger partial charge in [0.15, 0.2) is 0 Å². The van der Waals surface area contributed by atoms with Crippen molar-refractivity contribution >= 4 is 5.91 Å². The van der Waals surface area contributed by atoms with E-state index < -0.39 is 0 Å². The van der Waals surface area contributed by atoms with Crippen LogP contribution in [0.1, 0.15) is 59.0 Å². The fourth-order valence-corrected chi connectivity index (χ4v) is 1.85. The van der Waals surface area contributed by atoms with E-state index in [0.29, 0.717) is 0 Å². The number of aromatic nitrogens is 2. The van der Waals surface area contributed by atoms with Gasteiger partial charge in [0.1, 0.15) is 6.04 Å².